The fourth-order valence-corrected chi connectivity index (χ4v) is 2.15. The predicted octanol–water partition coefficient (Wildman–Crippen LogP) is 2.79. The third-order valence-corrected chi connectivity index (χ3v) is 3.07. The van der Waals surface area contributed by atoms with Gasteiger partial charge in [0.1, 0.15) is 0 Å². The van der Waals surface area contributed by atoms with Crippen LogP contribution in [0.25, 0.3) is 0 Å². The maximum atomic E-state index is 11.6. The molecule has 0 N–H and O–H groups in total. The fourth-order valence-electron chi connectivity index (χ4n) is 2.15. The Morgan fingerprint density at radius 3 is 2.62 bits per heavy atom. The summed E-state index contributed by atoms with van der Waals surface area (Å²) < 4.78 is 10.3. The van der Waals surface area contributed by atoms with Gasteiger partial charge in [-0.05, 0) is 24.1 Å². The number of esters is 1. The lowest BCUT2D eigenvalue weighted by Gasteiger charge is -2.10. The van der Waals surface area contributed by atoms with E-state index in [0.717, 1.165) is 11.1 Å². The summed E-state index contributed by atoms with van der Waals surface area (Å²) in [5, 5.41) is 0. The lowest BCUT2D eigenvalue weighted by atomic mass is 10.0. The number of carbonyl (C=O) groups excluding carboxylic acids is 1. The van der Waals surface area contributed by atoms with Gasteiger partial charge in [0.2, 0.25) is 5.88 Å². The molecule has 1 heterocycles. The van der Waals surface area contributed by atoms with Gasteiger partial charge in [0, 0.05) is 18.2 Å². The Hall–Kier alpha value is -2.36. The first-order valence-corrected chi connectivity index (χ1v) is 6.94. The van der Waals surface area contributed by atoms with Crippen molar-refractivity contribution < 1.29 is 14.3 Å². The molecule has 4 heteroatoms. The summed E-state index contributed by atoms with van der Waals surface area (Å²) in [6.45, 7) is 2.18. The molecule has 0 saturated carbocycles. The van der Waals surface area contributed by atoms with E-state index in [4.69, 9.17) is 9.47 Å². The van der Waals surface area contributed by atoms with E-state index in [2.05, 4.69) is 17.1 Å². The molecule has 2 rings (SSSR count). The lowest BCUT2D eigenvalue weighted by Crippen LogP contribution is -2.08. The van der Waals surface area contributed by atoms with E-state index in [0.29, 0.717) is 18.9 Å². The molecule has 0 saturated heterocycles. The third-order valence-electron chi connectivity index (χ3n) is 3.07. The molecule has 0 spiro atoms. The minimum atomic E-state index is -0.241. The van der Waals surface area contributed by atoms with Crippen LogP contribution in [-0.4, -0.2) is 24.7 Å². The van der Waals surface area contributed by atoms with Crippen molar-refractivity contribution in [2.45, 2.75) is 19.8 Å². The van der Waals surface area contributed by atoms with E-state index < -0.39 is 0 Å². The minimum absolute atomic E-state index is 0.229. The molecule has 21 heavy (non-hydrogen) atoms. The summed E-state index contributed by atoms with van der Waals surface area (Å²) in [5.74, 6) is 0.349. The second kappa shape index (κ2) is 7.43. The van der Waals surface area contributed by atoms with Gasteiger partial charge in [-0.1, -0.05) is 30.3 Å². The zero-order valence-electron chi connectivity index (χ0n) is 12.3. The topological polar surface area (TPSA) is 48.4 Å². The highest BCUT2D eigenvalue weighted by atomic mass is 16.5. The van der Waals surface area contributed by atoms with Crippen LogP contribution in [0.15, 0.2) is 42.6 Å². The smallest absolute Gasteiger partial charge is 0.310 e. The van der Waals surface area contributed by atoms with Crippen LogP contribution < -0.4 is 4.74 Å². The molecule has 2 aromatic rings. The van der Waals surface area contributed by atoms with E-state index in [1.165, 1.54) is 5.56 Å². The zero-order valence-corrected chi connectivity index (χ0v) is 12.3. The second-order valence-corrected chi connectivity index (χ2v) is 4.66. The number of ether oxygens (including phenoxy) is 2. The van der Waals surface area contributed by atoms with Gasteiger partial charge in [-0.3, -0.25) is 4.79 Å². The third kappa shape index (κ3) is 4.31. The van der Waals surface area contributed by atoms with Crippen molar-refractivity contribution >= 4 is 5.97 Å². The average molecular weight is 285 g/mol. The van der Waals surface area contributed by atoms with Crippen molar-refractivity contribution in [1.29, 1.82) is 0 Å². The summed E-state index contributed by atoms with van der Waals surface area (Å²) in [6, 6.07) is 12.0. The fraction of sp³-hybridized carbons (Fsp3) is 0.294. The van der Waals surface area contributed by atoms with Crippen LogP contribution in [0, 0.1) is 0 Å². The number of methoxy groups -OCH3 is 1. The Bertz CT molecular complexity index is 596. The Balaban J connectivity index is 2.20. The summed E-state index contributed by atoms with van der Waals surface area (Å²) in [7, 11) is 1.60. The molecule has 0 aliphatic heterocycles. The SMILES string of the molecule is CCOC(=O)Cc1cnc(OC)c(Cc2ccccc2)c1. The van der Waals surface area contributed by atoms with Gasteiger partial charge in [0.15, 0.2) is 0 Å². The molecule has 0 bridgehead atoms. The van der Waals surface area contributed by atoms with Crippen molar-refractivity contribution in [2.24, 2.45) is 0 Å². The Morgan fingerprint density at radius 2 is 1.95 bits per heavy atom. The maximum absolute atomic E-state index is 11.6. The van der Waals surface area contributed by atoms with Gasteiger partial charge in [-0.2, -0.15) is 0 Å². The van der Waals surface area contributed by atoms with E-state index in [1.807, 2.05) is 24.3 Å². The van der Waals surface area contributed by atoms with Gasteiger partial charge in [-0.15, -0.1) is 0 Å². The van der Waals surface area contributed by atoms with Crippen molar-refractivity contribution in [2.75, 3.05) is 13.7 Å². The van der Waals surface area contributed by atoms with Crippen LogP contribution in [0.1, 0.15) is 23.6 Å². The van der Waals surface area contributed by atoms with Gasteiger partial charge < -0.3 is 9.47 Å². The van der Waals surface area contributed by atoms with Crippen LogP contribution in [0.3, 0.4) is 0 Å². The minimum Gasteiger partial charge on any atom is -0.481 e. The van der Waals surface area contributed by atoms with Crippen LogP contribution in [-0.2, 0) is 22.4 Å². The number of carbonyl (C=O) groups is 1. The summed E-state index contributed by atoms with van der Waals surface area (Å²) in [6.07, 6.45) is 2.60. The Morgan fingerprint density at radius 1 is 1.19 bits per heavy atom. The van der Waals surface area contributed by atoms with Gasteiger partial charge in [-0.25, -0.2) is 4.98 Å². The number of aromatic nitrogens is 1. The highest BCUT2D eigenvalue weighted by Gasteiger charge is 2.10. The number of nitrogens with zero attached hydrogens (tertiary/aromatic N) is 1. The van der Waals surface area contributed by atoms with E-state index in [-0.39, 0.29) is 12.4 Å². The molecule has 0 aliphatic rings. The maximum Gasteiger partial charge on any atom is 0.310 e. The Kier molecular flexibility index (Phi) is 5.32. The molecular weight excluding hydrogens is 266 g/mol. The van der Waals surface area contributed by atoms with E-state index >= 15 is 0 Å². The molecule has 0 amide bonds. The molecular formula is C17H19NO3. The van der Waals surface area contributed by atoms with Crippen molar-refractivity contribution in [3.05, 3.63) is 59.3 Å². The van der Waals surface area contributed by atoms with Crippen LogP contribution >= 0.6 is 0 Å². The highest BCUT2D eigenvalue weighted by molar-refractivity contribution is 5.72. The predicted molar refractivity (Wildman–Crippen MR) is 80.4 cm³/mol. The second-order valence-electron chi connectivity index (χ2n) is 4.66. The van der Waals surface area contributed by atoms with Crippen molar-refractivity contribution in [3.8, 4) is 5.88 Å². The lowest BCUT2D eigenvalue weighted by molar-refractivity contribution is -0.142. The van der Waals surface area contributed by atoms with Gasteiger partial charge in [0.05, 0.1) is 20.1 Å². The first kappa shape index (κ1) is 15.0. The molecule has 110 valence electrons. The van der Waals surface area contributed by atoms with Gasteiger partial charge >= 0.3 is 5.97 Å². The van der Waals surface area contributed by atoms with Crippen LogP contribution in [0.5, 0.6) is 5.88 Å². The standard InChI is InChI=1S/C17H19NO3/c1-3-21-16(19)11-14-10-15(17(20-2)18-12-14)9-13-7-5-4-6-8-13/h4-8,10,12H,3,9,11H2,1-2H3. The number of benzene rings is 1. The number of rotatable bonds is 6. The zero-order chi connectivity index (χ0) is 15.1. The number of hydrogen-bond donors (Lipinski definition) is 0. The van der Waals surface area contributed by atoms with E-state index in [9.17, 15) is 4.79 Å². The highest BCUT2D eigenvalue weighted by Crippen LogP contribution is 2.20. The largest absolute Gasteiger partial charge is 0.481 e. The molecule has 0 radical (unpaired) electrons. The molecule has 0 unspecified atom stereocenters. The van der Waals surface area contributed by atoms with Crippen molar-refractivity contribution in [1.82, 2.24) is 4.98 Å². The molecule has 0 fully saturated rings. The molecule has 1 aromatic carbocycles. The molecule has 0 atom stereocenters. The number of pyridine rings is 1. The first-order valence-electron chi connectivity index (χ1n) is 6.94. The quantitative estimate of drug-likeness (QED) is 0.766. The Labute approximate surface area is 124 Å². The molecule has 1 aromatic heterocycles. The van der Waals surface area contributed by atoms with Crippen LogP contribution in [0.2, 0.25) is 0 Å². The average Bonchev–Trinajstić information content (AvgIpc) is 2.49. The monoisotopic (exact) mass is 285 g/mol. The normalized spacial score (nSPS) is 10.2. The van der Waals surface area contributed by atoms with E-state index in [1.54, 1.807) is 20.2 Å². The summed E-state index contributed by atoms with van der Waals surface area (Å²) >= 11 is 0. The van der Waals surface area contributed by atoms with Crippen LogP contribution in [0.4, 0.5) is 0 Å². The number of hydrogen-bond acceptors (Lipinski definition) is 4. The summed E-state index contributed by atoms with van der Waals surface area (Å²) in [4.78, 5) is 15.8. The molecule has 4 nitrogen and oxygen atoms in total. The first-order chi connectivity index (χ1) is 10.2. The van der Waals surface area contributed by atoms with Gasteiger partial charge in [0.25, 0.3) is 0 Å². The van der Waals surface area contributed by atoms with Crippen molar-refractivity contribution in [3.63, 3.8) is 0 Å². The molecule has 0 aliphatic carbocycles. The summed E-state index contributed by atoms with van der Waals surface area (Å²) in [5.41, 5.74) is 2.97.